The van der Waals surface area contributed by atoms with Gasteiger partial charge in [-0.15, -0.1) is 10.2 Å². The molecule has 0 saturated carbocycles. The van der Waals surface area contributed by atoms with Gasteiger partial charge in [0.1, 0.15) is 11.9 Å². The molecule has 1 aromatic carbocycles. The Morgan fingerprint density at radius 2 is 1.96 bits per heavy atom. The van der Waals surface area contributed by atoms with Crippen molar-refractivity contribution in [3.8, 4) is 6.07 Å². The Bertz CT molecular complexity index is 780. The van der Waals surface area contributed by atoms with E-state index >= 15 is 0 Å². The molecule has 1 fully saturated rings. The Kier molecular flexibility index (Phi) is 4.86. The van der Waals surface area contributed by atoms with E-state index in [1.807, 2.05) is 13.0 Å². The second-order valence-electron chi connectivity index (χ2n) is 5.83. The van der Waals surface area contributed by atoms with Crippen molar-refractivity contribution in [3.05, 3.63) is 53.0 Å². The highest BCUT2D eigenvalue weighted by molar-refractivity contribution is 5.39. The van der Waals surface area contributed by atoms with Crippen molar-refractivity contribution in [2.24, 2.45) is 0 Å². The molecule has 3 rings (SSSR count). The topological polar surface area (TPSA) is 64.8 Å². The minimum Gasteiger partial charge on any atom is -0.364 e. The molecule has 1 aliphatic rings. The average molecular weight is 347 g/mol. The molecule has 2 atom stereocenters. The van der Waals surface area contributed by atoms with Gasteiger partial charge in [-0.2, -0.15) is 5.26 Å². The summed E-state index contributed by atoms with van der Waals surface area (Å²) in [5, 5.41) is 19.6. The Hall–Kier alpha value is -2.66. The van der Waals surface area contributed by atoms with Crippen molar-refractivity contribution in [1.29, 1.82) is 5.26 Å². The molecule has 5 nitrogen and oxygen atoms in total. The number of likely N-dealkylation sites (N-methyl/N-ethyl adjacent to an activating group) is 1. The van der Waals surface area contributed by atoms with Gasteiger partial charge in [0.15, 0.2) is 23.1 Å². The summed E-state index contributed by atoms with van der Waals surface area (Å²) in [7, 11) is 0. The average Bonchev–Trinajstić information content (AvgIpc) is 3.02. The van der Waals surface area contributed by atoms with Crippen LogP contribution in [0.4, 0.5) is 19.0 Å². The third kappa shape index (κ3) is 3.42. The fourth-order valence-electron chi connectivity index (χ4n) is 3.21. The molecule has 2 aromatic rings. The van der Waals surface area contributed by atoms with Gasteiger partial charge in [0.05, 0.1) is 6.04 Å². The van der Waals surface area contributed by atoms with Crippen LogP contribution in [0.1, 0.15) is 30.6 Å². The first kappa shape index (κ1) is 17.2. The molecule has 0 bridgehead atoms. The molecule has 8 heteroatoms. The summed E-state index contributed by atoms with van der Waals surface area (Å²) in [6.07, 6.45) is 0.723. The van der Waals surface area contributed by atoms with E-state index in [4.69, 9.17) is 5.26 Å². The zero-order valence-electron chi connectivity index (χ0n) is 13.5. The number of rotatable bonds is 4. The maximum atomic E-state index is 13.7. The SMILES string of the molecule is CCN1CCC(Nc2ccc(C#N)nn2)C1c1cc(F)c(F)c(F)c1. The number of hydrogen-bond acceptors (Lipinski definition) is 5. The van der Waals surface area contributed by atoms with E-state index in [-0.39, 0.29) is 17.8 Å². The lowest BCUT2D eigenvalue weighted by Crippen LogP contribution is -2.31. The largest absolute Gasteiger partial charge is 0.364 e. The van der Waals surface area contributed by atoms with E-state index < -0.39 is 17.5 Å². The van der Waals surface area contributed by atoms with Gasteiger partial charge in [0, 0.05) is 12.6 Å². The zero-order valence-corrected chi connectivity index (χ0v) is 13.5. The molecule has 0 spiro atoms. The highest BCUT2D eigenvalue weighted by atomic mass is 19.2. The standard InChI is InChI=1S/C17H16F3N5/c1-2-25-6-5-14(22-15-4-3-11(9-21)23-24-15)17(25)10-7-12(18)16(20)13(19)8-10/h3-4,7-8,14,17H,2,5-6H2,1H3,(H,22,24). The first-order valence-electron chi connectivity index (χ1n) is 7.92. The Morgan fingerprint density at radius 1 is 1.24 bits per heavy atom. The van der Waals surface area contributed by atoms with E-state index in [1.165, 1.54) is 6.07 Å². The number of nitriles is 1. The predicted octanol–water partition coefficient (Wildman–Crippen LogP) is 3.01. The van der Waals surface area contributed by atoms with Crippen LogP contribution in [0.3, 0.4) is 0 Å². The fourth-order valence-corrected chi connectivity index (χ4v) is 3.21. The summed E-state index contributed by atoms with van der Waals surface area (Å²) in [6, 6.07) is 6.63. The normalized spacial score (nSPS) is 20.4. The molecule has 2 unspecified atom stereocenters. The third-order valence-electron chi connectivity index (χ3n) is 4.37. The van der Waals surface area contributed by atoms with Crippen LogP contribution in [-0.4, -0.2) is 34.2 Å². The van der Waals surface area contributed by atoms with E-state index in [0.29, 0.717) is 17.9 Å². The van der Waals surface area contributed by atoms with Gasteiger partial charge < -0.3 is 5.32 Å². The van der Waals surface area contributed by atoms with Gasteiger partial charge in [0.2, 0.25) is 0 Å². The number of halogens is 3. The van der Waals surface area contributed by atoms with Gasteiger partial charge in [-0.3, -0.25) is 4.90 Å². The molecule has 0 amide bonds. The Balaban J connectivity index is 1.89. The maximum Gasteiger partial charge on any atom is 0.194 e. The predicted molar refractivity (Wildman–Crippen MR) is 85.1 cm³/mol. The van der Waals surface area contributed by atoms with E-state index in [0.717, 1.165) is 25.1 Å². The van der Waals surface area contributed by atoms with Gasteiger partial charge in [-0.1, -0.05) is 6.92 Å². The van der Waals surface area contributed by atoms with Crippen LogP contribution in [0.2, 0.25) is 0 Å². The minimum atomic E-state index is -1.47. The molecular formula is C17H16F3N5. The summed E-state index contributed by atoms with van der Waals surface area (Å²) in [6.45, 7) is 3.36. The molecule has 1 N–H and O–H groups in total. The van der Waals surface area contributed by atoms with Crippen molar-refractivity contribution in [2.75, 3.05) is 18.4 Å². The fraction of sp³-hybridized carbons (Fsp3) is 0.353. The quantitative estimate of drug-likeness (QED) is 0.862. The zero-order chi connectivity index (χ0) is 18.0. The lowest BCUT2D eigenvalue weighted by molar-refractivity contribution is 0.263. The maximum absolute atomic E-state index is 13.7. The number of nitrogens with one attached hydrogen (secondary N) is 1. The van der Waals surface area contributed by atoms with Gasteiger partial charge in [-0.05, 0) is 42.8 Å². The van der Waals surface area contributed by atoms with Crippen LogP contribution in [0.25, 0.3) is 0 Å². The van der Waals surface area contributed by atoms with Crippen molar-refractivity contribution in [1.82, 2.24) is 15.1 Å². The van der Waals surface area contributed by atoms with Crippen molar-refractivity contribution < 1.29 is 13.2 Å². The van der Waals surface area contributed by atoms with Gasteiger partial charge in [-0.25, -0.2) is 13.2 Å². The highest BCUT2D eigenvalue weighted by Crippen LogP contribution is 2.35. The van der Waals surface area contributed by atoms with Crippen molar-refractivity contribution in [2.45, 2.75) is 25.4 Å². The van der Waals surface area contributed by atoms with Crippen LogP contribution in [0.5, 0.6) is 0 Å². The first-order chi connectivity index (χ1) is 12.0. The molecule has 1 saturated heterocycles. The van der Waals surface area contributed by atoms with Crippen LogP contribution in [0, 0.1) is 28.8 Å². The smallest absolute Gasteiger partial charge is 0.194 e. The minimum absolute atomic E-state index is 0.175. The molecule has 0 aliphatic carbocycles. The van der Waals surface area contributed by atoms with Crippen LogP contribution < -0.4 is 5.32 Å². The Labute approximate surface area is 143 Å². The number of nitrogens with zero attached hydrogens (tertiary/aromatic N) is 4. The lowest BCUT2D eigenvalue weighted by atomic mass is 9.99. The third-order valence-corrected chi connectivity index (χ3v) is 4.37. The van der Waals surface area contributed by atoms with Crippen molar-refractivity contribution in [3.63, 3.8) is 0 Å². The summed E-state index contributed by atoms with van der Waals surface area (Å²) in [5.41, 5.74) is 0.571. The molecule has 2 heterocycles. The summed E-state index contributed by atoms with van der Waals surface area (Å²) < 4.78 is 40.6. The second-order valence-corrected chi connectivity index (χ2v) is 5.83. The highest BCUT2D eigenvalue weighted by Gasteiger charge is 2.35. The van der Waals surface area contributed by atoms with E-state index in [2.05, 4.69) is 20.4 Å². The van der Waals surface area contributed by atoms with Gasteiger partial charge in [0.25, 0.3) is 0 Å². The van der Waals surface area contributed by atoms with Crippen LogP contribution in [-0.2, 0) is 0 Å². The number of likely N-dealkylation sites (tertiary alicyclic amines) is 1. The number of aromatic nitrogens is 2. The van der Waals surface area contributed by atoms with Gasteiger partial charge >= 0.3 is 0 Å². The number of anilines is 1. The molecule has 130 valence electrons. The molecule has 0 radical (unpaired) electrons. The molecular weight excluding hydrogens is 331 g/mol. The molecule has 1 aromatic heterocycles. The Morgan fingerprint density at radius 3 is 2.52 bits per heavy atom. The molecule has 1 aliphatic heterocycles. The van der Waals surface area contributed by atoms with Crippen molar-refractivity contribution >= 4 is 5.82 Å². The second kappa shape index (κ2) is 7.07. The summed E-state index contributed by atoms with van der Waals surface area (Å²) in [4.78, 5) is 2.06. The monoisotopic (exact) mass is 347 g/mol. The van der Waals surface area contributed by atoms with Crippen LogP contribution in [0.15, 0.2) is 24.3 Å². The lowest BCUT2D eigenvalue weighted by Gasteiger charge is -2.28. The van der Waals surface area contributed by atoms with E-state index in [9.17, 15) is 13.2 Å². The number of hydrogen-bond donors (Lipinski definition) is 1. The van der Waals surface area contributed by atoms with Crippen LogP contribution >= 0.6 is 0 Å². The van der Waals surface area contributed by atoms with E-state index in [1.54, 1.807) is 6.07 Å². The summed E-state index contributed by atoms with van der Waals surface area (Å²) in [5.74, 6) is -3.40. The number of benzene rings is 1. The first-order valence-corrected chi connectivity index (χ1v) is 7.92. The molecule has 25 heavy (non-hydrogen) atoms. The summed E-state index contributed by atoms with van der Waals surface area (Å²) >= 11 is 0.